The number of hydrogen-bond donors (Lipinski definition) is 1. The van der Waals surface area contributed by atoms with E-state index in [2.05, 4.69) is 49.6 Å². The number of hydrogen-bond acceptors (Lipinski definition) is 0. The molecule has 1 aromatic heterocycles. The van der Waals surface area contributed by atoms with Crippen molar-refractivity contribution in [3.05, 3.63) is 18.2 Å². The van der Waals surface area contributed by atoms with E-state index in [-0.39, 0.29) is 0 Å². The zero-order chi connectivity index (χ0) is 31.8. The molecule has 1 N–H and O–H groups in total. The fourth-order valence-electron chi connectivity index (χ4n) is 7.31. The summed E-state index contributed by atoms with van der Waals surface area (Å²) in [7, 11) is 0. The quantitative estimate of drug-likeness (QED) is 0.0579. The van der Waals surface area contributed by atoms with Crippen molar-refractivity contribution in [2.24, 2.45) is 0 Å². The van der Waals surface area contributed by atoms with Gasteiger partial charge in [-0.3, -0.25) is 0 Å². The van der Waals surface area contributed by atoms with E-state index in [1.807, 2.05) is 0 Å². The molecule has 0 fully saturated rings. The lowest BCUT2D eigenvalue weighted by Gasteiger charge is -2.17. The van der Waals surface area contributed by atoms with E-state index in [9.17, 15) is 0 Å². The van der Waals surface area contributed by atoms with Crippen LogP contribution in [-0.4, -0.2) is 4.98 Å². The highest BCUT2D eigenvalue weighted by molar-refractivity contribution is 4.90. The first-order valence-electron chi connectivity index (χ1n) is 20.8. The molecule has 1 rings (SSSR count). The van der Waals surface area contributed by atoms with Gasteiger partial charge in [0.2, 0.25) is 0 Å². The number of aromatic amines is 1. The lowest BCUT2D eigenvalue weighted by atomic mass is 9.92. The Labute approximate surface area is 278 Å². The SMILES string of the molecule is CCCCCCCCCCCCCCCCC(CCCCCCCCCCCCCC)c1[nH]cc[n+]1C(C)CCCCCC. The van der Waals surface area contributed by atoms with Crippen LogP contribution in [0.4, 0.5) is 0 Å². The highest BCUT2D eigenvalue weighted by Crippen LogP contribution is 2.27. The molecule has 0 saturated carbocycles. The fraction of sp³-hybridized carbons (Fsp3) is 0.929. The molecule has 1 aromatic rings. The Morgan fingerprint density at radius 2 is 0.727 bits per heavy atom. The van der Waals surface area contributed by atoms with Crippen LogP contribution < -0.4 is 4.57 Å². The molecule has 0 bridgehead atoms. The molecule has 0 aliphatic carbocycles. The summed E-state index contributed by atoms with van der Waals surface area (Å²) in [6.07, 6.45) is 51.7. The number of rotatable bonds is 35. The molecule has 44 heavy (non-hydrogen) atoms. The number of nitrogens with zero attached hydrogens (tertiary/aromatic N) is 1. The Morgan fingerprint density at radius 1 is 0.432 bits per heavy atom. The predicted molar refractivity (Wildman–Crippen MR) is 198 cm³/mol. The first kappa shape index (κ1) is 41.2. The summed E-state index contributed by atoms with van der Waals surface area (Å²) in [5, 5.41) is 0. The Balaban J connectivity index is 2.33. The van der Waals surface area contributed by atoms with E-state index < -0.39 is 0 Å². The molecule has 0 saturated heterocycles. The largest absolute Gasteiger partial charge is 0.257 e. The van der Waals surface area contributed by atoms with Gasteiger partial charge >= 0.3 is 0 Å². The second-order valence-electron chi connectivity index (χ2n) is 14.7. The van der Waals surface area contributed by atoms with Gasteiger partial charge in [-0.15, -0.1) is 0 Å². The Morgan fingerprint density at radius 3 is 1.09 bits per heavy atom. The number of unbranched alkanes of at least 4 members (excludes halogenated alkanes) is 27. The third kappa shape index (κ3) is 23.5. The summed E-state index contributed by atoms with van der Waals surface area (Å²) in [4.78, 5) is 3.74. The van der Waals surface area contributed by atoms with E-state index in [1.54, 1.807) is 0 Å². The third-order valence-corrected chi connectivity index (χ3v) is 10.4. The second kappa shape index (κ2) is 32.2. The van der Waals surface area contributed by atoms with Crippen LogP contribution in [0.15, 0.2) is 12.4 Å². The molecule has 0 spiro atoms. The molecular formula is C42H83N2+. The molecule has 2 atom stereocenters. The minimum Gasteiger partial charge on any atom is -0.247 e. The van der Waals surface area contributed by atoms with Gasteiger partial charge in [0.05, 0.1) is 12.0 Å². The summed E-state index contributed by atoms with van der Waals surface area (Å²) >= 11 is 0. The van der Waals surface area contributed by atoms with E-state index in [0.717, 1.165) is 0 Å². The summed E-state index contributed by atoms with van der Waals surface area (Å²) in [5.41, 5.74) is 0. The Hall–Kier alpha value is -0.790. The molecule has 2 heteroatoms. The van der Waals surface area contributed by atoms with Gasteiger partial charge in [0.25, 0.3) is 5.82 Å². The van der Waals surface area contributed by atoms with Crippen molar-refractivity contribution in [3.63, 3.8) is 0 Å². The van der Waals surface area contributed by atoms with Crippen LogP contribution in [0.3, 0.4) is 0 Å². The van der Waals surface area contributed by atoms with E-state index in [0.29, 0.717) is 12.0 Å². The molecule has 0 amide bonds. The monoisotopic (exact) mass is 616 g/mol. The van der Waals surface area contributed by atoms with Crippen LogP contribution in [0.1, 0.15) is 257 Å². The van der Waals surface area contributed by atoms with E-state index in [1.165, 1.54) is 218 Å². The molecule has 0 aliphatic heterocycles. The first-order chi connectivity index (χ1) is 21.7. The van der Waals surface area contributed by atoms with Gasteiger partial charge in [0.15, 0.2) is 0 Å². The first-order valence-corrected chi connectivity index (χ1v) is 20.8. The lowest BCUT2D eigenvalue weighted by molar-refractivity contribution is -0.727. The van der Waals surface area contributed by atoms with Crippen LogP contribution in [0.5, 0.6) is 0 Å². The number of nitrogens with one attached hydrogen (secondary N) is 1. The molecule has 260 valence electrons. The van der Waals surface area contributed by atoms with Gasteiger partial charge in [-0.2, -0.15) is 0 Å². The number of H-pyrrole nitrogens is 1. The van der Waals surface area contributed by atoms with Gasteiger partial charge in [-0.05, 0) is 32.6 Å². The van der Waals surface area contributed by atoms with Gasteiger partial charge in [-0.25, -0.2) is 9.55 Å². The smallest absolute Gasteiger partial charge is 0.247 e. The van der Waals surface area contributed by atoms with Crippen molar-refractivity contribution in [2.45, 2.75) is 252 Å². The van der Waals surface area contributed by atoms with Gasteiger partial charge in [0, 0.05) is 0 Å². The van der Waals surface area contributed by atoms with Crippen molar-refractivity contribution < 1.29 is 4.57 Å². The summed E-state index contributed by atoms with van der Waals surface area (Å²) < 4.78 is 2.63. The molecule has 0 aliphatic rings. The van der Waals surface area contributed by atoms with Crippen molar-refractivity contribution in [2.75, 3.05) is 0 Å². The van der Waals surface area contributed by atoms with Crippen molar-refractivity contribution >= 4 is 0 Å². The molecule has 2 unspecified atom stereocenters. The van der Waals surface area contributed by atoms with E-state index in [4.69, 9.17) is 0 Å². The van der Waals surface area contributed by atoms with Gasteiger partial charge in [-0.1, -0.05) is 207 Å². The maximum Gasteiger partial charge on any atom is 0.257 e. The standard InChI is InChI=1S/C42H82N2/c1-5-8-11-14-16-18-20-22-23-25-27-29-31-34-37-41(36-33-30-28-26-24-21-19-17-15-12-9-6-2)42-43-38-39-44(42)40(4)35-32-13-10-7-3/h38-41H,5-37H2,1-4H3/p+1. The Bertz CT molecular complexity index is 679. The summed E-state index contributed by atoms with van der Waals surface area (Å²) in [5.74, 6) is 2.24. The molecule has 1 heterocycles. The molecule has 0 radical (unpaired) electrons. The summed E-state index contributed by atoms with van der Waals surface area (Å²) in [6, 6.07) is 0.619. The fourth-order valence-corrected chi connectivity index (χ4v) is 7.31. The maximum atomic E-state index is 3.74. The van der Waals surface area contributed by atoms with Crippen LogP contribution >= 0.6 is 0 Å². The topological polar surface area (TPSA) is 19.7 Å². The van der Waals surface area contributed by atoms with Gasteiger partial charge in [0.1, 0.15) is 12.4 Å². The van der Waals surface area contributed by atoms with Crippen molar-refractivity contribution in [1.82, 2.24) is 4.98 Å². The second-order valence-corrected chi connectivity index (χ2v) is 14.7. The lowest BCUT2D eigenvalue weighted by Crippen LogP contribution is -2.41. The molecule has 0 aromatic carbocycles. The zero-order valence-electron chi connectivity index (χ0n) is 31.1. The van der Waals surface area contributed by atoms with Crippen LogP contribution in [0, 0.1) is 0 Å². The Kier molecular flexibility index (Phi) is 30.1. The van der Waals surface area contributed by atoms with Crippen molar-refractivity contribution in [1.29, 1.82) is 0 Å². The number of imidazole rings is 1. The minimum absolute atomic E-state index is 0.619. The zero-order valence-corrected chi connectivity index (χ0v) is 31.1. The van der Waals surface area contributed by atoms with Gasteiger partial charge < -0.3 is 0 Å². The van der Waals surface area contributed by atoms with Crippen LogP contribution in [0.2, 0.25) is 0 Å². The highest BCUT2D eigenvalue weighted by Gasteiger charge is 2.25. The highest BCUT2D eigenvalue weighted by atomic mass is 15.1. The van der Waals surface area contributed by atoms with Crippen LogP contribution in [0.25, 0.3) is 0 Å². The average Bonchev–Trinajstić information content (AvgIpc) is 3.53. The maximum absolute atomic E-state index is 3.74. The predicted octanol–water partition coefficient (Wildman–Crippen LogP) is 14.9. The molecular weight excluding hydrogens is 532 g/mol. The third-order valence-electron chi connectivity index (χ3n) is 10.4. The summed E-state index contributed by atoms with van der Waals surface area (Å²) in [6.45, 7) is 9.40. The van der Waals surface area contributed by atoms with Crippen molar-refractivity contribution in [3.8, 4) is 0 Å². The minimum atomic E-state index is 0.619. The number of aromatic nitrogens is 2. The van der Waals surface area contributed by atoms with Crippen LogP contribution in [-0.2, 0) is 0 Å². The normalized spacial score (nSPS) is 13.1. The molecule has 2 nitrogen and oxygen atoms in total. The van der Waals surface area contributed by atoms with E-state index >= 15 is 0 Å². The average molecular weight is 616 g/mol.